The Hall–Kier alpha value is -1.43. The van der Waals surface area contributed by atoms with Gasteiger partial charge in [0.1, 0.15) is 8.64 Å². The van der Waals surface area contributed by atoms with Crippen molar-refractivity contribution in [2.45, 2.75) is 13.1 Å². The van der Waals surface area contributed by atoms with Gasteiger partial charge in [-0.2, -0.15) is 0 Å². The van der Waals surface area contributed by atoms with Gasteiger partial charge in [0.05, 0.1) is 0 Å². The molecule has 0 atom stereocenters. The Kier molecular flexibility index (Phi) is 6.17. The van der Waals surface area contributed by atoms with Crippen LogP contribution in [0.5, 0.6) is 0 Å². The standard InChI is InChI=1S/C16H16N2S3/c17-15(19)21-16(20)18(11-13-7-3-1-4-8-13)12-14-9-5-2-6-10-14/h1-10H,11-12H2,(H2,17,19). The summed E-state index contributed by atoms with van der Waals surface area (Å²) >= 11 is 11.7. The molecule has 2 nitrogen and oxygen atoms in total. The Balaban J connectivity index is 2.13. The largest absolute Gasteiger partial charge is 0.384 e. The fourth-order valence-corrected chi connectivity index (χ4v) is 3.17. The lowest BCUT2D eigenvalue weighted by atomic mass is 10.2. The first-order chi connectivity index (χ1) is 10.1. The van der Waals surface area contributed by atoms with Crippen molar-refractivity contribution in [3.05, 3.63) is 71.8 Å². The zero-order valence-electron chi connectivity index (χ0n) is 11.4. The number of nitrogens with two attached hydrogens (primary N) is 1. The van der Waals surface area contributed by atoms with Gasteiger partial charge >= 0.3 is 0 Å². The minimum absolute atomic E-state index is 0.353. The number of thioether (sulfide) groups is 1. The summed E-state index contributed by atoms with van der Waals surface area (Å²) in [6, 6.07) is 20.5. The highest BCUT2D eigenvalue weighted by atomic mass is 32.2. The van der Waals surface area contributed by atoms with Crippen LogP contribution in [0.3, 0.4) is 0 Å². The van der Waals surface area contributed by atoms with Crippen LogP contribution in [0.1, 0.15) is 11.1 Å². The molecule has 2 rings (SSSR count). The molecule has 2 aromatic rings. The molecule has 0 aliphatic heterocycles. The summed E-state index contributed by atoms with van der Waals surface area (Å²) in [5.41, 5.74) is 8.01. The second-order valence-corrected chi connectivity index (χ2v) is 6.89. The van der Waals surface area contributed by atoms with E-state index in [1.807, 2.05) is 36.4 Å². The first-order valence-electron chi connectivity index (χ1n) is 6.49. The van der Waals surface area contributed by atoms with Crippen LogP contribution < -0.4 is 5.73 Å². The summed E-state index contributed by atoms with van der Waals surface area (Å²) in [5.74, 6) is 0. The highest BCUT2D eigenvalue weighted by Crippen LogP contribution is 2.17. The lowest BCUT2D eigenvalue weighted by Crippen LogP contribution is -2.28. The number of hydrogen-bond acceptors (Lipinski definition) is 3. The van der Waals surface area contributed by atoms with Crippen LogP contribution >= 0.6 is 36.2 Å². The van der Waals surface area contributed by atoms with Crippen molar-refractivity contribution < 1.29 is 0 Å². The lowest BCUT2D eigenvalue weighted by Gasteiger charge is -2.24. The van der Waals surface area contributed by atoms with Crippen LogP contribution in [0.4, 0.5) is 0 Å². The number of benzene rings is 2. The molecule has 0 saturated carbocycles. The van der Waals surface area contributed by atoms with Crippen molar-refractivity contribution in [2.75, 3.05) is 0 Å². The maximum atomic E-state index is 5.60. The number of thiocarbonyl (C=S) groups is 2. The van der Waals surface area contributed by atoms with E-state index >= 15 is 0 Å². The number of nitrogens with zero attached hydrogens (tertiary/aromatic N) is 1. The van der Waals surface area contributed by atoms with Crippen LogP contribution in [0.15, 0.2) is 60.7 Å². The van der Waals surface area contributed by atoms with Crippen LogP contribution in [-0.2, 0) is 13.1 Å². The Morgan fingerprint density at radius 1 is 0.857 bits per heavy atom. The van der Waals surface area contributed by atoms with Gasteiger partial charge in [-0.3, -0.25) is 0 Å². The minimum Gasteiger partial charge on any atom is -0.384 e. The van der Waals surface area contributed by atoms with Gasteiger partial charge in [-0.15, -0.1) is 0 Å². The molecule has 0 aliphatic carbocycles. The first-order valence-corrected chi connectivity index (χ1v) is 8.12. The van der Waals surface area contributed by atoms with E-state index in [0.717, 1.165) is 13.1 Å². The van der Waals surface area contributed by atoms with E-state index in [2.05, 4.69) is 29.2 Å². The van der Waals surface area contributed by atoms with Gasteiger partial charge in [0.25, 0.3) is 0 Å². The maximum absolute atomic E-state index is 5.60. The van der Waals surface area contributed by atoms with Crippen LogP contribution in [0.25, 0.3) is 0 Å². The molecule has 5 heteroatoms. The summed E-state index contributed by atoms with van der Waals surface area (Å²) in [5, 5.41) is 0. The highest BCUT2D eigenvalue weighted by Gasteiger charge is 2.12. The molecule has 0 unspecified atom stereocenters. The average Bonchev–Trinajstić information content (AvgIpc) is 2.48. The van der Waals surface area contributed by atoms with E-state index in [1.165, 1.54) is 22.9 Å². The van der Waals surface area contributed by atoms with Crippen molar-refractivity contribution in [2.24, 2.45) is 5.73 Å². The molecular formula is C16H16N2S3. The fraction of sp³-hybridized carbons (Fsp3) is 0.125. The summed E-state index contributed by atoms with van der Waals surface area (Å²) < 4.78 is 1.06. The van der Waals surface area contributed by atoms with Crippen LogP contribution in [-0.4, -0.2) is 13.5 Å². The SMILES string of the molecule is NC(=S)SC(=S)N(Cc1ccccc1)Cc1ccccc1. The molecular weight excluding hydrogens is 316 g/mol. The third-order valence-electron chi connectivity index (χ3n) is 2.88. The molecule has 0 radical (unpaired) electrons. The molecule has 2 aromatic carbocycles. The molecule has 0 aliphatic rings. The van der Waals surface area contributed by atoms with Gasteiger partial charge in [-0.1, -0.05) is 85.1 Å². The average molecular weight is 333 g/mol. The van der Waals surface area contributed by atoms with E-state index in [4.69, 9.17) is 30.2 Å². The topological polar surface area (TPSA) is 29.3 Å². The molecule has 0 amide bonds. The van der Waals surface area contributed by atoms with Gasteiger partial charge in [0.2, 0.25) is 0 Å². The second kappa shape index (κ2) is 8.12. The first kappa shape index (κ1) is 15.9. The summed E-state index contributed by atoms with van der Waals surface area (Å²) in [7, 11) is 0. The molecule has 108 valence electrons. The molecule has 21 heavy (non-hydrogen) atoms. The Bertz CT molecular complexity index is 558. The van der Waals surface area contributed by atoms with Crippen molar-refractivity contribution in [1.29, 1.82) is 0 Å². The van der Waals surface area contributed by atoms with E-state index in [9.17, 15) is 0 Å². The predicted molar refractivity (Wildman–Crippen MR) is 99.1 cm³/mol. The predicted octanol–water partition coefficient (Wildman–Crippen LogP) is 3.95. The summed E-state index contributed by atoms with van der Waals surface area (Å²) in [6.07, 6.45) is 0. The molecule has 0 fully saturated rings. The van der Waals surface area contributed by atoms with Gasteiger partial charge in [0, 0.05) is 13.1 Å². The van der Waals surface area contributed by atoms with Gasteiger partial charge in [-0.25, -0.2) is 0 Å². The van der Waals surface area contributed by atoms with Crippen LogP contribution in [0.2, 0.25) is 0 Å². The third kappa shape index (κ3) is 5.46. The highest BCUT2D eigenvalue weighted by molar-refractivity contribution is 8.37. The lowest BCUT2D eigenvalue weighted by molar-refractivity contribution is 0.421. The summed E-state index contributed by atoms with van der Waals surface area (Å²) in [4.78, 5) is 2.11. The molecule has 0 saturated heterocycles. The Labute approximate surface area is 140 Å². The van der Waals surface area contributed by atoms with E-state index < -0.39 is 0 Å². The van der Waals surface area contributed by atoms with Crippen molar-refractivity contribution >= 4 is 44.8 Å². The van der Waals surface area contributed by atoms with Crippen molar-refractivity contribution in [1.82, 2.24) is 4.90 Å². The number of hydrogen-bond donors (Lipinski definition) is 1. The molecule has 0 heterocycles. The zero-order chi connectivity index (χ0) is 15.1. The van der Waals surface area contributed by atoms with Crippen LogP contribution in [0, 0.1) is 0 Å². The quantitative estimate of drug-likeness (QED) is 0.856. The maximum Gasteiger partial charge on any atom is 0.144 e. The Morgan fingerprint density at radius 3 is 1.67 bits per heavy atom. The van der Waals surface area contributed by atoms with E-state index in [1.54, 1.807) is 0 Å². The molecule has 0 spiro atoms. The second-order valence-electron chi connectivity index (χ2n) is 4.51. The fourth-order valence-electron chi connectivity index (χ4n) is 1.94. The monoisotopic (exact) mass is 332 g/mol. The number of rotatable bonds is 4. The molecule has 0 aromatic heterocycles. The smallest absolute Gasteiger partial charge is 0.144 e. The van der Waals surface area contributed by atoms with Crippen molar-refractivity contribution in [3.8, 4) is 0 Å². The molecule has 0 bridgehead atoms. The Morgan fingerprint density at radius 2 is 1.29 bits per heavy atom. The third-order valence-corrected chi connectivity index (χ3v) is 4.27. The van der Waals surface area contributed by atoms with E-state index in [-0.39, 0.29) is 0 Å². The summed E-state index contributed by atoms with van der Waals surface area (Å²) in [6.45, 7) is 1.48. The van der Waals surface area contributed by atoms with Crippen molar-refractivity contribution in [3.63, 3.8) is 0 Å². The zero-order valence-corrected chi connectivity index (χ0v) is 13.9. The van der Waals surface area contributed by atoms with Gasteiger partial charge in [-0.05, 0) is 22.9 Å². The van der Waals surface area contributed by atoms with Gasteiger partial charge < -0.3 is 10.6 Å². The molecule has 2 N–H and O–H groups in total. The minimum atomic E-state index is 0.353. The van der Waals surface area contributed by atoms with Gasteiger partial charge in [0.15, 0.2) is 0 Å². The normalized spacial score (nSPS) is 10.1. The van der Waals surface area contributed by atoms with E-state index in [0.29, 0.717) is 8.64 Å².